The van der Waals surface area contributed by atoms with E-state index >= 15 is 0 Å². The predicted octanol–water partition coefficient (Wildman–Crippen LogP) is 2.07. The van der Waals surface area contributed by atoms with Crippen molar-refractivity contribution in [2.45, 2.75) is 31.2 Å². The Hall–Kier alpha value is -2.42. The van der Waals surface area contributed by atoms with Crippen LogP contribution in [-0.2, 0) is 4.79 Å². The van der Waals surface area contributed by atoms with Gasteiger partial charge in [0, 0.05) is 6.07 Å². The van der Waals surface area contributed by atoms with Crippen molar-refractivity contribution in [2.75, 3.05) is 26.1 Å². The highest BCUT2D eigenvalue weighted by atomic mass is 16.5. The number of anilines is 1. The Morgan fingerprint density at radius 2 is 2.05 bits per heavy atom. The van der Waals surface area contributed by atoms with Crippen molar-refractivity contribution in [3.63, 3.8) is 0 Å². The number of nitriles is 1. The number of hydrogen-bond acceptors (Lipinski definition) is 5. The van der Waals surface area contributed by atoms with Crippen LogP contribution in [0.25, 0.3) is 0 Å². The Bertz CT molecular complexity index is 574. The van der Waals surface area contributed by atoms with Gasteiger partial charge in [0.05, 0.1) is 32.5 Å². The number of carbonyl (C=O) groups excluding carboxylic acids is 1. The van der Waals surface area contributed by atoms with Crippen molar-refractivity contribution < 1.29 is 14.3 Å². The monoisotopic (exact) mass is 303 g/mol. The zero-order chi connectivity index (χ0) is 16.0. The first-order valence-electron chi connectivity index (χ1n) is 7.30. The molecule has 1 amide bonds. The van der Waals surface area contributed by atoms with E-state index in [-0.39, 0.29) is 12.5 Å². The summed E-state index contributed by atoms with van der Waals surface area (Å²) in [5, 5.41) is 15.1. The van der Waals surface area contributed by atoms with E-state index in [1.54, 1.807) is 32.4 Å². The maximum Gasteiger partial charge on any atom is 0.240 e. The van der Waals surface area contributed by atoms with E-state index in [2.05, 4.69) is 16.7 Å². The minimum Gasteiger partial charge on any atom is -0.497 e. The number of rotatable bonds is 6. The second kappa shape index (κ2) is 7.03. The molecule has 0 aromatic heterocycles. The highest BCUT2D eigenvalue weighted by Crippen LogP contribution is 2.30. The van der Waals surface area contributed by atoms with Gasteiger partial charge >= 0.3 is 0 Å². The molecule has 2 N–H and O–H groups in total. The van der Waals surface area contributed by atoms with Gasteiger partial charge in [-0.2, -0.15) is 5.26 Å². The second-order valence-corrected chi connectivity index (χ2v) is 5.37. The van der Waals surface area contributed by atoms with E-state index in [1.807, 2.05) is 0 Å². The molecule has 0 heterocycles. The lowest BCUT2D eigenvalue weighted by Gasteiger charge is -2.22. The van der Waals surface area contributed by atoms with Gasteiger partial charge in [-0.25, -0.2) is 0 Å². The largest absolute Gasteiger partial charge is 0.497 e. The lowest BCUT2D eigenvalue weighted by Crippen LogP contribution is -2.47. The number of carbonyl (C=O) groups is 1. The molecule has 1 fully saturated rings. The van der Waals surface area contributed by atoms with Crippen molar-refractivity contribution in [3.05, 3.63) is 18.2 Å². The number of hydrogen-bond donors (Lipinski definition) is 2. The second-order valence-electron chi connectivity index (χ2n) is 5.37. The van der Waals surface area contributed by atoms with Gasteiger partial charge in [0.25, 0.3) is 0 Å². The molecule has 6 nitrogen and oxygen atoms in total. The van der Waals surface area contributed by atoms with Gasteiger partial charge in [-0.3, -0.25) is 4.79 Å². The first kappa shape index (κ1) is 16.0. The van der Waals surface area contributed by atoms with E-state index in [0.29, 0.717) is 17.2 Å². The Morgan fingerprint density at radius 1 is 1.32 bits per heavy atom. The van der Waals surface area contributed by atoms with Gasteiger partial charge in [0.2, 0.25) is 5.91 Å². The van der Waals surface area contributed by atoms with Crippen LogP contribution in [0.4, 0.5) is 5.69 Å². The Balaban J connectivity index is 1.95. The highest BCUT2D eigenvalue weighted by molar-refractivity contribution is 5.82. The zero-order valence-corrected chi connectivity index (χ0v) is 12.9. The van der Waals surface area contributed by atoms with Gasteiger partial charge in [0.1, 0.15) is 17.0 Å². The summed E-state index contributed by atoms with van der Waals surface area (Å²) in [6.07, 6.45) is 3.41. The molecule has 1 aliphatic rings. The molecule has 0 unspecified atom stereocenters. The fourth-order valence-electron chi connectivity index (χ4n) is 2.67. The molecule has 0 bridgehead atoms. The molecule has 118 valence electrons. The molecule has 1 aromatic rings. The third-order valence-electron chi connectivity index (χ3n) is 3.90. The third kappa shape index (κ3) is 3.61. The summed E-state index contributed by atoms with van der Waals surface area (Å²) in [7, 11) is 3.14. The van der Waals surface area contributed by atoms with Crippen molar-refractivity contribution in [2.24, 2.45) is 0 Å². The summed E-state index contributed by atoms with van der Waals surface area (Å²) >= 11 is 0. The molecule has 0 spiro atoms. The molecular weight excluding hydrogens is 282 g/mol. The Kier molecular flexibility index (Phi) is 5.10. The fourth-order valence-corrected chi connectivity index (χ4v) is 2.67. The average molecular weight is 303 g/mol. The molecule has 6 heteroatoms. The highest BCUT2D eigenvalue weighted by Gasteiger charge is 2.35. The van der Waals surface area contributed by atoms with Gasteiger partial charge in [-0.15, -0.1) is 0 Å². The lowest BCUT2D eigenvalue weighted by molar-refractivity contribution is -0.120. The van der Waals surface area contributed by atoms with Crippen LogP contribution in [0, 0.1) is 11.3 Å². The van der Waals surface area contributed by atoms with Crippen molar-refractivity contribution >= 4 is 11.6 Å². The molecule has 0 saturated heterocycles. The number of methoxy groups -OCH3 is 2. The average Bonchev–Trinajstić information content (AvgIpc) is 3.01. The normalized spacial score (nSPS) is 15.7. The van der Waals surface area contributed by atoms with E-state index in [4.69, 9.17) is 9.47 Å². The van der Waals surface area contributed by atoms with Crippen LogP contribution >= 0.6 is 0 Å². The molecule has 1 aliphatic carbocycles. The molecule has 0 aliphatic heterocycles. The molecule has 1 saturated carbocycles. The van der Waals surface area contributed by atoms with Crippen LogP contribution < -0.4 is 20.1 Å². The summed E-state index contributed by atoms with van der Waals surface area (Å²) in [6, 6.07) is 7.57. The summed E-state index contributed by atoms with van der Waals surface area (Å²) in [5.74, 6) is 1.09. The molecular formula is C16H21N3O3. The number of amides is 1. The number of benzene rings is 1. The van der Waals surface area contributed by atoms with Crippen LogP contribution in [-0.4, -0.2) is 32.2 Å². The lowest BCUT2D eigenvalue weighted by atomic mass is 10.00. The van der Waals surface area contributed by atoms with E-state index < -0.39 is 5.54 Å². The minimum absolute atomic E-state index is 0.0894. The molecule has 2 rings (SSSR count). The number of nitrogens with zero attached hydrogens (tertiary/aromatic N) is 1. The Morgan fingerprint density at radius 3 is 2.64 bits per heavy atom. The van der Waals surface area contributed by atoms with Gasteiger partial charge in [-0.05, 0) is 37.8 Å². The van der Waals surface area contributed by atoms with Crippen LogP contribution in [0.1, 0.15) is 25.7 Å². The molecule has 0 atom stereocenters. The standard InChI is InChI=1S/C16H21N3O3/c1-21-12-5-6-13(14(9-12)22-2)18-10-15(20)19-16(11-17)7-3-4-8-16/h5-6,9,18H,3-4,7-8,10H2,1-2H3,(H,19,20). The fraction of sp³-hybridized carbons (Fsp3) is 0.500. The van der Waals surface area contributed by atoms with Crippen molar-refractivity contribution in [1.82, 2.24) is 5.32 Å². The summed E-state index contributed by atoms with van der Waals surface area (Å²) in [6.45, 7) is 0.0894. The maximum absolute atomic E-state index is 12.1. The van der Waals surface area contributed by atoms with Gasteiger partial charge in [-0.1, -0.05) is 0 Å². The van der Waals surface area contributed by atoms with E-state index in [9.17, 15) is 10.1 Å². The number of nitrogens with one attached hydrogen (secondary N) is 2. The van der Waals surface area contributed by atoms with Crippen LogP contribution in [0.15, 0.2) is 18.2 Å². The van der Waals surface area contributed by atoms with Gasteiger partial charge in [0.15, 0.2) is 0 Å². The summed E-state index contributed by atoms with van der Waals surface area (Å²) in [4.78, 5) is 12.1. The van der Waals surface area contributed by atoms with Crippen LogP contribution in [0.5, 0.6) is 11.5 Å². The minimum atomic E-state index is -0.692. The van der Waals surface area contributed by atoms with Crippen molar-refractivity contribution in [3.8, 4) is 17.6 Å². The topological polar surface area (TPSA) is 83.4 Å². The SMILES string of the molecule is COc1ccc(NCC(=O)NC2(C#N)CCCC2)c(OC)c1. The van der Waals surface area contributed by atoms with E-state index in [0.717, 1.165) is 25.7 Å². The van der Waals surface area contributed by atoms with Gasteiger partial charge < -0.3 is 20.1 Å². The third-order valence-corrected chi connectivity index (χ3v) is 3.90. The molecule has 22 heavy (non-hydrogen) atoms. The predicted molar refractivity (Wildman–Crippen MR) is 83.0 cm³/mol. The zero-order valence-electron chi connectivity index (χ0n) is 12.9. The van der Waals surface area contributed by atoms with Crippen molar-refractivity contribution in [1.29, 1.82) is 5.26 Å². The Labute approximate surface area is 130 Å². The van der Waals surface area contributed by atoms with Crippen LogP contribution in [0.3, 0.4) is 0 Å². The number of ether oxygens (including phenoxy) is 2. The smallest absolute Gasteiger partial charge is 0.240 e. The van der Waals surface area contributed by atoms with E-state index in [1.165, 1.54) is 0 Å². The first-order chi connectivity index (χ1) is 10.6. The summed E-state index contributed by atoms with van der Waals surface area (Å²) in [5.41, 5.74) is 0.0128. The molecule has 1 aromatic carbocycles. The first-order valence-corrected chi connectivity index (χ1v) is 7.30. The maximum atomic E-state index is 12.1. The molecule has 0 radical (unpaired) electrons. The quantitative estimate of drug-likeness (QED) is 0.840. The summed E-state index contributed by atoms with van der Waals surface area (Å²) < 4.78 is 10.4. The van der Waals surface area contributed by atoms with Crippen LogP contribution in [0.2, 0.25) is 0 Å².